The van der Waals surface area contributed by atoms with Crippen LogP contribution in [0.2, 0.25) is 0 Å². The molecule has 0 aliphatic heterocycles. The molecule has 0 saturated heterocycles. The number of ether oxygens (including phenoxy) is 2. The lowest BCUT2D eigenvalue weighted by Gasteiger charge is -2.10. The third-order valence-electron chi connectivity index (χ3n) is 1.68. The standard InChI is InChI=1S/C9H11IO2/c1-6-4-5-7(11-2)9(12-3)8(6)10/h4-5H,1-3H3. The van der Waals surface area contributed by atoms with Crippen LogP contribution in [0.3, 0.4) is 0 Å². The molecule has 3 heteroatoms. The number of halogens is 1. The van der Waals surface area contributed by atoms with Gasteiger partial charge in [-0.15, -0.1) is 0 Å². The summed E-state index contributed by atoms with van der Waals surface area (Å²) in [7, 11) is 3.29. The van der Waals surface area contributed by atoms with Gasteiger partial charge in [0.1, 0.15) is 0 Å². The minimum Gasteiger partial charge on any atom is -0.493 e. The second-order valence-corrected chi connectivity index (χ2v) is 3.51. The second kappa shape index (κ2) is 3.98. The summed E-state index contributed by atoms with van der Waals surface area (Å²) < 4.78 is 11.5. The van der Waals surface area contributed by atoms with Crippen LogP contribution < -0.4 is 9.47 Å². The highest BCUT2D eigenvalue weighted by molar-refractivity contribution is 14.1. The van der Waals surface area contributed by atoms with Crippen molar-refractivity contribution in [3.05, 3.63) is 21.3 Å². The summed E-state index contributed by atoms with van der Waals surface area (Å²) in [6.45, 7) is 2.05. The van der Waals surface area contributed by atoms with Crippen molar-refractivity contribution in [2.24, 2.45) is 0 Å². The Bertz CT molecular complexity index is 284. The zero-order valence-electron chi connectivity index (χ0n) is 7.35. The van der Waals surface area contributed by atoms with Gasteiger partial charge >= 0.3 is 0 Å². The van der Waals surface area contributed by atoms with Gasteiger partial charge in [0.15, 0.2) is 11.5 Å². The molecule has 1 aromatic carbocycles. The average molecular weight is 278 g/mol. The van der Waals surface area contributed by atoms with Gasteiger partial charge < -0.3 is 9.47 Å². The highest BCUT2D eigenvalue weighted by Gasteiger charge is 2.08. The zero-order valence-corrected chi connectivity index (χ0v) is 9.51. The quantitative estimate of drug-likeness (QED) is 0.774. The van der Waals surface area contributed by atoms with E-state index in [2.05, 4.69) is 22.6 Å². The van der Waals surface area contributed by atoms with Gasteiger partial charge in [-0.1, -0.05) is 6.07 Å². The van der Waals surface area contributed by atoms with Crippen LogP contribution in [0.15, 0.2) is 12.1 Å². The molecule has 0 heterocycles. The van der Waals surface area contributed by atoms with Crippen LogP contribution in [-0.2, 0) is 0 Å². The van der Waals surface area contributed by atoms with Gasteiger partial charge in [0.25, 0.3) is 0 Å². The molecular formula is C9H11IO2. The van der Waals surface area contributed by atoms with Crippen molar-refractivity contribution >= 4 is 22.6 Å². The van der Waals surface area contributed by atoms with E-state index in [1.807, 2.05) is 19.1 Å². The number of hydrogen-bond donors (Lipinski definition) is 0. The molecule has 1 rings (SSSR count). The fraction of sp³-hybridized carbons (Fsp3) is 0.333. The van der Waals surface area contributed by atoms with Crippen LogP contribution in [0, 0.1) is 10.5 Å². The molecule has 0 amide bonds. The predicted molar refractivity (Wildman–Crippen MR) is 57.0 cm³/mol. The van der Waals surface area contributed by atoms with Crippen molar-refractivity contribution in [3.8, 4) is 11.5 Å². The summed E-state index contributed by atoms with van der Waals surface area (Å²) in [6.07, 6.45) is 0. The molecule has 0 aliphatic carbocycles. The third kappa shape index (κ3) is 1.65. The minimum atomic E-state index is 0.785. The van der Waals surface area contributed by atoms with Gasteiger partial charge in [0.2, 0.25) is 0 Å². The summed E-state index contributed by atoms with van der Waals surface area (Å²) in [5, 5.41) is 0. The van der Waals surface area contributed by atoms with Gasteiger partial charge in [-0.3, -0.25) is 0 Å². The van der Waals surface area contributed by atoms with E-state index in [1.165, 1.54) is 5.56 Å². The van der Waals surface area contributed by atoms with Crippen molar-refractivity contribution in [2.75, 3.05) is 14.2 Å². The molecule has 0 unspecified atom stereocenters. The highest BCUT2D eigenvalue weighted by Crippen LogP contribution is 2.33. The van der Waals surface area contributed by atoms with Crippen molar-refractivity contribution in [2.45, 2.75) is 6.92 Å². The van der Waals surface area contributed by atoms with Gasteiger partial charge in [-0.05, 0) is 41.1 Å². The van der Waals surface area contributed by atoms with Crippen LogP contribution in [0.1, 0.15) is 5.56 Å². The van der Waals surface area contributed by atoms with E-state index in [0.717, 1.165) is 15.1 Å². The molecule has 0 bridgehead atoms. The Morgan fingerprint density at radius 3 is 2.33 bits per heavy atom. The first-order chi connectivity index (χ1) is 5.70. The van der Waals surface area contributed by atoms with Gasteiger partial charge in [-0.25, -0.2) is 0 Å². The maximum absolute atomic E-state index is 5.22. The Kier molecular flexibility index (Phi) is 3.20. The van der Waals surface area contributed by atoms with Crippen molar-refractivity contribution in [3.63, 3.8) is 0 Å². The number of aryl methyl sites for hydroxylation is 1. The lowest BCUT2D eigenvalue weighted by Crippen LogP contribution is -1.94. The van der Waals surface area contributed by atoms with E-state index in [4.69, 9.17) is 9.47 Å². The molecule has 0 atom stereocenters. The molecular weight excluding hydrogens is 267 g/mol. The number of rotatable bonds is 2. The first-order valence-corrected chi connectivity index (χ1v) is 4.65. The minimum absolute atomic E-state index is 0.785. The maximum atomic E-state index is 5.22. The first kappa shape index (κ1) is 9.64. The average Bonchev–Trinajstić information content (AvgIpc) is 2.09. The second-order valence-electron chi connectivity index (χ2n) is 2.43. The lowest BCUT2D eigenvalue weighted by atomic mass is 10.2. The van der Waals surface area contributed by atoms with Gasteiger partial charge in [0, 0.05) is 0 Å². The molecule has 0 N–H and O–H groups in total. The summed E-state index contributed by atoms with van der Waals surface area (Å²) in [5.74, 6) is 1.60. The van der Waals surface area contributed by atoms with Crippen molar-refractivity contribution in [1.82, 2.24) is 0 Å². The first-order valence-electron chi connectivity index (χ1n) is 3.57. The van der Waals surface area contributed by atoms with E-state index in [9.17, 15) is 0 Å². The Balaban J connectivity index is 3.25. The maximum Gasteiger partial charge on any atom is 0.174 e. The normalized spacial score (nSPS) is 9.67. The largest absolute Gasteiger partial charge is 0.493 e. The molecule has 66 valence electrons. The van der Waals surface area contributed by atoms with E-state index in [-0.39, 0.29) is 0 Å². The molecule has 0 saturated carbocycles. The summed E-state index contributed by atoms with van der Waals surface area (Å²) in [4.78, 5) is 0. The van der Waals surface area contributed by atoms with Gasteiger partial charge in [0.05, 0.1) is 17.8 Å². The predicted octanol–water partition coefficient (Wildman–Crippen LogP) is 2.62. The summed E-state index contributed by atoms with van der Waals surface area (Å²) >= 11 is 2.25. The highest BCUT2D eigenvalue weighted by atomic mass is 127. The van der Waals surface area contributed by atoms with Crippen LogP contribution in [0.5, 0.6) is 11.5 Å². The Labute approximate surface area is 86.0 Å². The van der Waals surface area contributed by atoms with E-state index in [0.29, 0.717) is 0 Å². The fourth-order valence-electron chi connectivity index (χ4n) is 0.988. The van der Waals surface area contributed by atoms with Gasteiger partial charge in [-0.2, -0.15) is 0 Å². The Morgan fingerprint density at radius 2 is 1.83 bits per heavy atom. The SMILES string of the molecule is COc1ccc(C)c(I)c1OC. The Hall–Kier alpha value is -0.450. The molecule has 0 aliphatic rings. The topological polar surface area (TPSA) is 18.5 Å². The number of benzene rings is 1. The smallest absolute Gasteiger partial charge is 0.174 e. The number of hydrogen-bond acceptors (Lipinski definition) is 2. The number of methoxy groups -OCH3 is 2. The molecule has 0 spiro atoms. The van der Waals surface area contributed by atoms with E-state index >= 15 is 0 Å². The molecule has 0 aromatic heterocycles. The molecule has 0 fully saturated rings. The van der Waals surface area contributed by atoms with Crippen LogP contribution >= 0.6 is 22.6 Å². The van der Waals surface area contributed by atoms with Crippen LogP contribution in [0.25, 0.3) is 0 Å². The zero-order chi connectivity index (χ0) is 9.14. The summed E-state index contributed by atoms with van der Waals surface area (Å²) in [6, 6.07) is 3.93. The van der Waals surface area contributed by atoms with Crippen molar-refractivity contribution in [1.29, 1.82) is 0 Å². The van der Waals surface area contributed by atoms with Crippen LogP contribution in [-0.4, -0.2) is 14.2 Å². The Morgan fingerprint density at radius 1 is 1.17 bits per heavy atom. The van der Waals surface area contributed by atoms with E-state index < -0.39 is 0 Å². The molecule has 2 nitrogen and oxygen atoms in total. The molecule has 12 heavy (non-hydrogen) atoms. The molecule has 1 aromatic rings. The van der Waals surface area contributed by atoms with Crippen LogP contribution in [0.4, 0.5) is 0 Å². The fourth-order valence-corrected chi connectivity index (χ4v) is 1.65. The lowest BCUT2D eigenvalue weighted by molar-refractivity contribution is 0.352. The molecule has 0 radical (unpaired) electrons. The van der Waals surface area contributed by atoms with Crippen molar-refractivity contribution < 1.29 is 9.47 Å². The van der Waals surface area contributed by atoms with E-state index in [1.54, 1.807) is 14.2 Å². The third-order valence-corrected chi connectivity index (χ3v) is 3.02. The monoisotopic (exact) mass is 278 g/mol. The summed E-state index contributed by atoms with van der Waals surface area (Å²) in [5.41, 5.74) is 1.20.